The molecule has 0 spiro atoms. The van der Waals surface area contributed by atoms with Gasteiger partial charge in [0.25, 0.3) is 5.91 Å². The number of benzene rings is 2. The number of anilines is 1. The van der Waals surface area contributed by atoms with Gasteiger partial charge in [-0.25, -0.2) is 21.8 Å². The first-order chi connectivity index (χ1) is 18.8. The molecule has 3 aromatic rings. The van der Waals surface area contributed by atoms with Crippen LogP contribution in [0.25, 0.3) is 10.2 Å². The number of fused-ring (bicyclic) bond motifs is 1. The number of hydrogen-bond donors (Lipinski definition) is 0. The zero-order chi connectivity index (χ0) is 29.2. The van der Waals surface area contributed by atoms with Crippen molar-refractivity contribution in [2.45, 2.75) is 49.7 Å². The van der Waals surface area contributed by atoms with Gasteiger partial charge in [0.05, 0.1) is 26.7 Å². The predicted octanol–water partition coefficient (Wildman–Crippen LogP) is 3.49. The Kier molecular flexibility index (Phi) is 9.32. The van der Waals surface area contributed by atoms with Gasteiger partial charge >= 0.3 is 0 Å². The Morgan fingerprint density at radius 3 is 2.20 bits per heavy atom. The number of likely N-dealkylation sites (N-methyl/N-ethyl adjacent to an activating group) is 1. The summed E-state index contributed by atoms with van der Waals surface area (Å²) in [5.74, 6) is -0.343. The molecular formula is C27H36N4O6S3. The number of carbonyl (C=O) groups excluding carboxylic acids is 1. The molecule has 2 aromatic carbocycles. The average Bonchev–Trinajstić information content (AvgIpc) is 3.34. The largest absolute Gasteiger partial charge is 0.373 e. The van der Waals surface area contributed by atoms with E-state index in [1.54, 1.807) is 17.0 Å². The molecule has 0 radical (unpaired) electrons. The fourth-order valence-electron chi connectivity index (χ4n) is 4.79. The maximum Gasteiger partial charge on any atom is 0.260 e. The number of morpholine rings is 1. The SMILES string of the molecule is CCN(CC)CCN(C(=O)c1ccc(S(=O)(=O)N2CC(C)OC(C)C2)cc1)c1nc2c(S(C)(=O)=O)cccc2s1. The van der Waals surface area contributed by atoms with Crippen molar-refractivity contribution in [3.8, 4) is 0 Å². The highest BCUT2D eigenvalue weighted by molar-refractivity contribution is 7.91. The molecule has 1 amide bonds. The summed E-state index contributed by atoms with van der Waals surface area (Å²) in [5.41, 5.74) is 0.644. The molecule has 0 N–H and O–H groups in total. The number of amides is 1. The van der Waals surface area contributed by atoms with Gasteiger partial charge in [-0.3, -0.25) is 9.69 Å². The van der Waals surface area contributed by atoms with E-state index in [9.17, 15) is 21.6 Å². The summed E-state index contributed by atoms with van der Waals surface area (Å²) in [5, 5.41) is 0.385. The van der Waals surface area contributed by atoms with Crippen LogP contribution in [0.5, 0.6) is 0 Å². The molecule has 4 rings (SSSR count). The van der Waals surface area contributed by atoms with Crippen molar-refractivity contribution >= 4 is 52.5 Å². The molecule has 13 heteroatoms. The second-order valence-electron chi connectivity index (χ2n) is 9.96. The van der Waals surface area contributed by atoms with Gasteiger partial charge in [-0.2, -0.15) is 4.31 Å². The van der Waals surface area contributed by atoms with Crippen LogP contribution in [0.4, 0.5) is 5.13 Å². The van der Waals surface area contributed by atoms with Crippen LogP contribution >= 0.6 is 11.3 Å². The van der Waals surface area contributed by atoms with E-state index in [-0.39, 0.29) is 41.0 Å². The van der Waals surface area contributed by atoms with Gasteiger partial charge in [0.2, 0.25) is 10.0 Å². The fourth-order valence-corrected chi connectivity index (χ4v) is 8.30. The lowest BCUT2D eigenvalue weighted by atomic mass is 10.2. The molecular weight excluding hydrogens is 573 g/mol. The van der Waals surface area contributed by atoms with Crippen LogP contribution in [0.1, 0.15) is 38.1 Å². The van der Waals surface area contributed by atoms with E-state index < -0.39 is 19.9 Å². The molecule has 0 saturated carbocycles. The van der Waals surface area contributed by atoms with Crippen molar-refractivity contribution in [3.63, 3.8) is 0 Å². The number of para-hydroxylation sites is 1. The number of nitrogens with zero attached hydrogens (tertiary/aromatic N) is 4. The van der Waals surface area contributed by atoms with Crippen molar-refractivity contribution in [2.75, 3.05) is 50.4 Å². The molecule has 2 heterocycles. The van der Waals surface area contributed by atoms with Gasteiger partial charge in [0.1, 0.15) is 5.52 Å². The van der Waals surface area contributed by atoms with E-state index in [2.05, 4.69) is 9.88 Å². The maximum atomic E-state index is 13.8. The number of rotatable bonds is 10. The van der Waals surface area contributed by atoms with Crippen LogP contribution in [0.3, 0.4) is 0 Å². The first-order valence-corrected chi connectivity index (χ1v) is 17.4. The maximum absolute atomic E-state index is 13.8. The van der Waals surface area contributed by atoms with Gasteiger partial charge in [-0.15, -0.1) is 0 Å². The zero-order valence-corrected chi connectivity index (χ0v) is 25.9. The summed E-state index contributed by atoms with van der Waals surface area (Å²) < 4.78 is 59.0. The standard InChI is InChI=1S/C27H36N4O6S3/c1-6-29(7-2)15-16-31(27-28-25-23(38-27)9-8-10-24(25)39(5,33)34)26(32)21-11-13-22(14-12-21)40(35,36)30-17-19(3)37-20(4)18-30/h8-14,19-20H,6-7,15-18H2,1-5H3. The van der Waals surface area contributed by atoms with Gasteiger partial charge in [-0.1, -0.05) is 31.3 Å². The Morgan fingerprint density at radius 1 is 1.00 bits per heavy atom. The molecule has 1 fully saturated rings. The summed E-state index contributed by atoms with van der Waals surface area (Å²) in [7, 11) is -7.27. The monoisotopic (exact) mass is 608 g/mol. The number of sulfonamides is 1. The lowest BCUT2D eigenvalue weighted by Crippen LogP contribution is -2.48. The quantitative estimate of drug-likeness (QED) is 0.344. The van der Waals surface area contributed by atoms with Crippen LogP contribution in [-0.2, 0) is 24.6 Å². The second-order valence-corrected chi connectivity index (χ2v) is 14.9. The number of ether oxygens (including phenoxy) is 1. The van der Waals surface area contributed by atoms with E-state index in [4.69, 9.17) is 4.74 Å². The number of thiazole rings is 1. The van der Waals surface area contributed by atoms with E-state index in [0.29, 0.717) is 34.0 Å². The van der Waals surface area contributed by atoms with Crippen LogP contribution in [0, 0.1) is 0 Å². The lowest BCUT2D eigenvalue weighted by molar-refractivity contribution is -0.0440. The first-order valence-electron chi connectivity index (χ1n) is 13.2. The molecule has 2 unspecified atom stereocenters. The van der Waals surface area contributed by atoms with Crippen LogP contribution in [-0.4, -0.2) is 94.7 Å². The molecule has 10 nitrogen and oxygen atoms in total. The van der Waals surface area contributed by atoms with Gasteiger partial charge in [-0.05, 0) is 63.3 Å². The van der Waals surface area contributed by atoms with Crippen molar-refractivity contribution < 1.29 is 26.4 Å². The highest BCUT2D eigenvalue weighted by Crippen LogP contribution is 2.33. The average molecular weight is 609 g/mol. The Hall–Kier alpha value is -2.42. The summed E-state index contributed by atoms with van der Waals surface area (Å²) in [6.07, 6.45) is 0.712. The van der Waals surface area contributed by atoms with Crippen molar-refractivity contribution in [1.82, 2.24) is 14.2 Å². The van der Waals surface area contributed by atoms with Gasteiger partial charge < -0.3 is 9.64 Å². The normalized spacial score (nSPS) is 18.9. The lowest BCUT2D eigenvalue weighted by Gasteiger charge is -2.34. The van der Waals surface area contributed by atoms with E-state index in [1.165, 1.54) is 46.0 Å². The molecule has 0 aliphatic carbocycles. The molecule has 218 valence electrons. The molecule has 0 bridgehead atoms. The third-order valence-electron chi connectivity index (χ3n) is 6.91. The molecule has 1 aliphatic rings. The molecule has 1 aliphatic heterocycles. The van der Waals surface area contributed by atoms with Crippen LogP contribution < -0.4 is 4.90 Å². The Balaban J connectivity index is 1.67. The predicted molar refractivity (Wildman–Crippen MR) is 157 cm³/mol. The minimum atomic E-state index is -3.75. The van der Waals surface area contributed by atoms with E-state index in [1.807, 2.05) is 27.7 Å². The number of sulfone groups is 1. The van der Waals surface area contributed by atoms with Crippen molar-refractivity contribution in [3.05, 3.63) is 48.0 Å². The zero-order valence-electron chi connectivity index (χ0n) is 23.4. The first kappa shape index (κ1) is 30.5. The topological polar surface area (TPSA) is 117 Å². The number of carbonyl (C=O) groups is 1. The Labute approximate surface area is 240 Å². The van der Waals surface area contributed by atoms with Crippen LogP contribution in [0.2, 0.25) is 0 Å². The minimum absolute atomic E-state index is 0.109. The molecule has 1 aromatic heterocycles. The smallest absolute Gasteiger partial charge is 0.260 e. The third-order valence-corrected chi connectivity index (χ3v) is 10.9. The Morgan fingerprint density at radius 2 is 1.62 bits per heavy atom. The summed E-state index contributed by atoms with van der Waals surface area (Å²) in [4.78, 5) is 22.4. The third kappa shape index (κ3) is 6.55. The molecule has 40 heavy (non-hydrogen) atoms. The highest BCUT2D eigenvalue weighted by atomic mass is 32.2. The van der Waals surface area contributed by atoms with E-state index >= 15 is 0 Å². The number of aromatic nitrogens is 1. The Bertz CT molecular complexity index is 1560. The van der Waals surface area contributed by atoms with Gasteiger partial charge in [0, 0.05) is 38.0 Å². The summed E-state index contributed by atoms with van der Waals surface area (Å²) >= 11 is 1.25. The molecule has 1 saturated heterocycles. The van der Waals surface area contributed by atoms with Crippen molar-refractivity contribution in [2.24, 2.45) is 0 Å². The highest BCUT2D eigenvalue weighted by Gasteiger charge is 2.32. The van der Waals surface area contributed by atoms with Gasteiger partial charge in [0.15, 0.2) is 15.0 Å². The number of hydrogen-bond acceptors (Lipinski definition) is 9. The second kappa shape index (κ2) is 12.2. The van der Waals surface area contributed by atoms with Crippen LogP contribution in [0.15, 0.2) is 52.3 Å². The molecule has 2 atom stereocenters. The minimum Gasteiger partial charge on any atom is -0.373 e. The van der Waals surface area contributed by atoms with E-state index in [0.717, 1.165) is 19.3 Å². The summed E-state index contributed by atoms with van der Waals surface area (Å²) in [6, 6.07) is 10.9. The summed E-state index contributed by atoms with van der Waals surface area (Å²) in [6.45, 7) is 10.8. The fraction of sp³-hybridized carbons (Fsp3) is 0.481. The van der Waals surface area contributed by atoms with Crippen molar-refractivity contribution in [1.29, 1.82) is 0 Å².